The van der Waals surface area contributed by atoms with Crippen molar-refractivity contribution in [3.63, 3.8) is 0 Å². The molecule has 2 heterocycles. The minimum absolute atomic E-state index is 0.00668. The third-order valence-corrected chi connectivity index (χ3v) is 7.62. The van der Waals surface area contributed by atoms with Crippen molar-refractivity contribution < 1.29 is 26.7 Å². The Bertz CT molecular complexity index is 1580. The molecule has 0 saturated carbocycles. The van der Waals surface area contributed by atoms with Gasteiger partial charge in [0.15, 0.2) is 23.0 Å². The summed E-state index contributed by atoms with van der Waals surface area (Å²) in [6, 6.07) is 7.07. The molecule has 2 aromatic heterocycles. The summed E-state index contributed by atoms with van der Waals surface area (Å²) in [5, 5.41) is 3.04. The average Bonchev–Trinajstić information content (AvgIpc) is 3.32. The number of likely N-dealkylation sites (N-methyl/N-ethyl adjacent to an activating group) is 1. The van der Waals surface area contributed by atoms with Gasteiger partial charge in [-0.15, -0.1) is 0 Å². The van der Waals surface area contributed by atoms with Gasteiger partial charge in [-0.05, 0) is 44.4 Å². The number of benzene rings is 2. The van der Waals surface area contributed by atoms with Crippen LogP contribution in [0.25, 0.3) is 16.9 Å². The number of aromatic nitrogens is 3. The molecule has 0 bridgehead atoms. The maximum atomic E-state index is 14.7. The van der Waals surface area contributed by atoms with Crippen molar-refractivity contribution in [1.29, 1.82) is 0 Å². The maximum Gasteiger partial charge on any atom is 0.242 e. The van der Waals surface area contributed by atoms with Crippen molar-refractivity contribution in [1.82, 2.24) is 24.0 Å². The van der Waals surface area contributed by atoms with Crippen molar-refractivity contribution >= 4 is 38.8 Å². The summed E-state index contributed by atoms with van der Waals surface area (Å²) < 4.78 is 68.7. The first-order chi connectivity index (χ1) is 18.6. The molecule has 2 aromatic carbocycles. The number of fused-ring (bicyclic) bond motifs is 1. The second kappa shape index (κ2) is 12.2. The normalized spacial score (nSPS) is 11.9. The highest BCUT2D eigenvalue weighted by Crippen LogP contribution is 2.32. The predicted octanol–water partition coefficient (Wildman–Crippen LogP) is 3.94. The van der Waals surface area contributed by atoms with E-state index in [1.165, 1.54) is 49.8 Å². The highest BCUT2D eigenvalue weighted by atomic mass is 35.5. The van der Waals surface area contributed by atoms with Crippen LogP contribution in [-0.2, 0) is 14.8 Å². The number of rotatable bonds is 12. The zero-order valence-electron chi connectivity index (χ0n) is 21.4. The van der Waals surface area contributed by atoms with Crippen molar-refractivity contribution in [2.24, 2.45) is 0 Å². The van der Waals surface area contributed by atoms with Gasteiger partial charge in [-0.2, -0.15) is 4.39 Å². The first-order valence-corrected chi connectivity index (χ1v) is 13.6. The van der Waals surface area contributed by atoms with Gasteiger partial charge in [0.1, 0.15) is 4.90 Å². The second-order valence-corrected chi connectivity index (χ2v) is 10.8. The van der Waals surface area contributed by atoms with Crippen LogP contribution >= 0.6 is 11.6 Å². The van der Waals surface area contributed by atoms with Crippen LogP contribution in [0.5, 0.6) is 5.75 Å². The monoisotopic (exact) mass is 580 g/mol. The molecule has 0 radical (unpaired) electrons. The number of halogens is 3. The van der Waals surface area contributed by atoms with E-state index in [-0.39, 0.29) is 40.2 Å². The van der Waals surface area contributed by atoms with Crippen LogP contribution in [0.1, 0.15) is 0 Å². The zero-order valence-corrected chi connectivity index (χ0v) is 23.0. The topological polar surface area (TPSA) is 110 Å². The summed E-state index contributed by atoms with van der Waals surface area (Å²) in [5.74, 6) is -2.09. The Morgan fingerprint density at radius 3 is 2.62 bits per heavy atom. The molecule has 0 saturated heterocycles. The van der Waals surface area contributed by atoms with Crippen LogP contribution in [0.2, 0.25) is 5.02 Å². The summed E-state index contributed by atoms with van der Waals surface area (Å²) in [5.41, 5.74) is 1.06. The molecular formula is C25H27ClF2N6O4S. The van der Waals surface area contributed by atoms with Gasteiger partial charge in [-0.25, -0.2) is 27.5 Å². The maximum absolute atomic E-state index is 14.7. The number of hydrogen-bond donors (Lipinski definition) is 2. The molecule has 0 atom stereocenters. The van der Waals surface area contributed by atoms with Gasteiger partial charge < -0.3 is 19.7 Å². The fraction of sp³-hybridized carbons (Fsp3) is 0.280. The molecule has 0 spiro atoms. The Balaban J connectivity index is 1.51. The molecule has 0 aliphatic carbocycles. The Morgan fingerprint density at radius 2 is 1.90 bits per heavy atom. The van der Waals surface area contributed by atoms with Gasteiger partial charge in [-0.1, -0.05) is 11.6 Å². The molecule has 208 valence electrons. The lowest BCUT2D eigenvalue weighted by Crippen LogP contribution is -2.28. The molecule has 0 fully saturated rings. The third-order valence-electron chi connectivity index (χ3n) is 5.68. The number of methoxy groups -OCH3 is 1. The minimum Gasteiger partial charge on any atom is -0.494 e. The lowest BCUT2D eigenvalue weighted by molar-refractivity contribution is 0.122. The largest absolute Gasteiger partial charge is 0.494 e. The number of anilines is 2. The van der Waals surface area contributed by atoms with Gasteiger partial charge >= 0.3 is 0 Å². The highest BCUT2D eigenvalue weighted by molar-refractivity contribution is 7.89. The number of sulfonamides is 1. The summed E-state index contributed by atoms with van der Waals surface area (Å²) in [7, 11) is 1.22. The Kier molecular flexibility index (Phi) is 8.97. The standard InChI is InChI=1S/C25H27ClF2N6O4S/c1-33(2)11-13-38-12-9-31-39(35,36)21-7-4-16(14-18(21)26)32-24-25-30-15-19(34(25)10-8-29-24)17-5-6-20(37-3)23(28)22(17)27/h4-8,10,14-15,31H,9,11-13H2,1-3H3,(H,29,32). The van der Waals surface area contributed by atoms with E-state index in [2.05, 4.69) is 20.0 Å². The third kappa shape index (κ3) is 6.45. The van der Waals surface area contributed by atoms with Crippen LogP contribution in [0.3, 0.4) is 0 Å². The van der Waals surface area contributed by atoms with E-state index >= 15 is 0 Å². The smallest absolute Gasteiger partial charge is 0.242 e. The lowest BCUT2D eigenvalue weighted by Gasteiger charge is -2.12. The molecule has 0 unspecified atom stereocenters. The van der Waals surface area contributed by atoms with E-state index in [4.69, 9.17) is 21.1 Å². The van der Waals surface area contributed by atoms with E-state index in [1.807, 2.05) is 19.0 Å². The Morgan fingerprint density at radius 1 is 1.10 bits per heavy atom. The summed E-state index contributed by atoms with van der Waals surface area (Å²) in [6.07, 6.45) is 4.41. The van der Waals surface area contributed by atoms with Gasteiger partial charge in [0.25, 0.3) is 0 Å². The molecule has 0 aliphatic heterocycles. The fourth-order valence-corrected chi connectivity index (χ4v) is 5.26. The molecule has 10 nitrogen and oxygen atoms in total. The highest BCUT2D eigenvalue weighted by Gasteiger charge is 2.20. The molecule has 39 heavy (non-hydrogen) atoms. The molecule has 0 aliphatic rings. The number of nitrogens with zero attached hydrogens (tertiary/aromatic N) is 4. The lowest BCUT2D eigenvalue weighted by atomic mass is 10.1. The summed E-state index contributed by atoms with van der Waals surface area (Å²) in [4.78, 5) is 10.5. The molecular weight excluding hydrogens is 554 g/mol. The van der Waals surface area contributed by atoms with Crippen molar-refractivity contribution in [3.8, 4) is 17.0 Å². The van der Waals surface area contributed by atoms with Gasteiger partial charge in [0.05, 0.1) is 37.2 Å². The Labute approximate surface area is 229 Å². The van der Waals surface area contributed by atoms with Gasteiger partial charge in [0.2, 0.25) is 15.8 Å². The minimum atomic E-state index is -3.87. The summed E-state index contributed by atoms with van der Waals surface area (Å²) in [6.45, 7) is 1.53. The van der Waals surface area contributed by atoms with Gasteiger partial charge in [0, 0.05) is 36.7 Å². The van der Waals surface area contributed by atoms with E-state index in [0.29, 0.717) is 23.6 Å². The quantitative estimate of drug-likeness (QED) is 0.243. The number of ether oxygens (including phenoxy) is 2. The molecule has 0 amide bonds. The van der Waals surface area contributed by atoms with E-state index in [0.717, 1.165) is 6.54 Å². The molecule has 14 heteroatoms. The number of imidazole rings is 1. The zero-order chi connectivity index (χ0) is 28.2. The van der Waals surface area contributed by atoms with Crippen molar-refractivity contribution in [3.05, 3.63) is 65.6 Å². The fourth-order valence-electron chi connectivity index (χ4n) is 3.70. The van der Waals surface area contributed by atoms with Crippen molar-refractivity contribution in [2.45, 2.75) is 4.90 Å². The Hall–Kier alpha value is -3.36. The van der Waals surface area contributed by atoms with Crippen LogP contribution in [0.15, 0.2) is 53.8 Å². The first kappa shape index (κ1) is 28.6. The number of hydrogen-bond acceptors (Lipinski definition) is 8. The molecule has 4 aromatic rings. The van der Waals surface area contributed by atoms with Crippen LogP contribution in [0, 0.1) is 11.6 Å². The number of nitrogens with one attached hydrogen (secondary N) is 2. The van der Waals surface area contributed by atoms with E-state index in [9.17, 15) is 17.2 Å². The van der Waals surface area contributed by atoms with Crippen LogP contribution in [-0.4, -0.2) is 75.2 Å². The summed E-state index contributed by atoms with van der Waals surface area (Å²) >= 11 is 6.31. The van der Waals surface area contributed by atoms with E-state index < -0.39 is 21.7 Å². The predicted molar refractivity (Wildman–Crippen MR) is 144 cm³/mol. The first-order valence-electron chi connectivity index (χ1n) is 11.8. The van der Waals surface area contributed by atoms with Gasteiger partial charge in [-0.3, -0.25) is 4.40 Å². The SMILES string of the molecule is COc1ccc(-c2cnc3c(Nc4ccc(S(=O)(=O)NCCOCCN(C)C)c(Cl)c4)nccn23)c(F)c1F. The molecule has 2 N–H and O–H groups in total. The van der Waals surface area contributed by atoms with Crippen LogP contribution in [0.4, 0.5) is 20.3 Å². The van der Waals surface area contributed by atoms with Crippen molar-refractivity contribution in [2.75, 3.05) is 52.8 Å². The molecule has 4 rings (SSSR count). The van der Waals surface area contributed by atoms with Crippen LogP contribution < -0.4 is 14.8 Å². The second-order valence-electron chi connectivity index (χ2n) is 8.64. The van der Waals surface area contributed by atoms with E-state index in [1.54, 1.807) is 10.6 Å². The average molecular weight is 581 g/mol.